The summed E-state index contributed by atoms with van der Waals surface area (Å²) >= 11 is 9.34. The molecule has 5 heteroatoms. The van der Waals surface area contributed by atoms with Crippen LogP contribution in [0, 0.1) is 0 Å². The van der Waals surface area contributed by atoms with Crippen molar-refractivity contribution in [2.75, 3.05) is 0 Å². The highest BCUT2D eigenvalue weighted by atomic mass is 35.5. The van der Waals surface area contributed by atoms with Gasteiger partial charge in [-0.25, -0.2) is 4.98 Å². The zero-order valence-electron chi connectivity index (χ0n) is 9.84. The summed E-state index contributed by atoms with van der Waals surface area (Å²) in [5.41, 5.74) is 1.77. The van der Waals surface area contributed by atoms with Gasteiger partial charge in [0.25, 0.3) is 0 Å². The third-order valence-corrected chi connectivity index (χ3v) is 5.11. The van der Waals surface area contributed by atoms with E-state index in [1.165, 1.54) is 4.70 Å². The second-order valence-electron chi connectivity index (χ2n) is 3.96. The molecule has 0 bridgehead atoms. The lowest BCUT2D eigenvalue weighted by Gasteiger charge is -2.02. The molecular formula is C14H10ClNOS2. The molecule has 0 amide bonds. The van der Waals surface area contributed by atoms with Crippen molar-refractivity contribution in [2.24, 2.45) is 0 Å². The van der Waals surface area contributed by atoms with Crippen LogP contribution < -0.4 is 0 Å². The second-order valence-corrected chi connectivity index (χ2v) is 6.72. The van der Waals surface area contributed by atoms with E-state index in [9.17, 15) is 0 Å². The molecule has 0 aliphatic heterocycles. The SMILES string of the molecule is OCc1ccc(Sc2nc3ccccc3s2)cc1Cl. The van der Waals surface area contributed by atoms with Crippen LogP contribution in [0.1, 0.15) is 5.56 Å². The maximum atomic E-state index is 9.09. The first-order valence-corrected chi connectivity index (χ1v) is 7.70. The van der Waals surface area contributed by atoms with Crippen LogP contribution in [0.4, 0.5) is 0 Å². The number of hydrogen-bond acceptors (Lipinski definition) is 4. The average molecular weight is 308 g/mol. The standard InChI is InChI=1S/C14H10ClNOS2/c15-11-7-10(6-5-9(11)8-17)18-14-16-12-3-1-2-4-13(12)19-14/h1-7,17H,8H2. The van der Waals surface area contributed by atoms with Crippen molar-refractivity contribution in [1.82, 2.24) is 4.98 Å². The van der Waals surface area contributed by atoms with Gasteiger partial charge >= 0.3 is 0 Å². The van der Waals surface area contributed by atoms with Gasteiger partial charge in [-0.2, -0.15) is 0 Å². The van der Waals surface area contributed by atoms with E-state index in [4.69, 9.17) is 16.7 Å². The first kappa shape index (κ1) is 12.9. The van der Waals surface area contributed by atoms with Crippen LogP contribution in [-0.2, 0) is 6.61 Å². The first-order valence-electron chi connectivity index (χ1n) is 5.69. The number of para-hydroxylation sites is 1. The summed E-state index contributed by atoms with van der Waals surface area (Å²) in [4.78, 5) is 5.60. The van der Waals surface area contributed by atoms with Gasteiger partial charge in [0.1, 0.15) is 0 Å². The Hall–Kier alpha value is -1.07. The highest BCUT2D eigenvalue weighted by molar-refractivity contribution is 8.01. The van der Waals surface area contributed by atoms with Crippen molar-refractivity contribution < 1.29 is 5.11 Å². The van der Waals surface area contributed by atoms with Crippen molar-refractivity contribution in [1.29, 1.82) is 0 Å². The third kappa shape index (κ3) is 2.77. The lowest BCUT2D eigenvalue weighted by molar-refractivity contribution is 0.282. The zero-order valence-corrected chi connectivity index (χ0v) is 12.2. The average Bonchev–Trinajstić information content (AvgIpc) is 2.81. The fourth-order valence-electron chi connectivity index (χ4n) is 1.72. The number of benzene rings is 2. The van der Waals surface area contributed by atoms with Crippen LogP contribution in [0.25, 0.3) is 10.2 Å². The number of aromatic nitrogens is 1. The summed E-state index contributed by atoms with van der Waals surface area (Å²) in [6.45, 7) is -0.0368. The molecule has 3 aromatic rings. The number of hydrogen-bond donors (Lipinski definition) is 1. The Labute approximate surface area is 124 Å². The summed E-state index contributed by atoms with van der Waals surface area (Å²) in [6.07, 6.45) is 0. The number of aliphatic hydroxyl groups is 1. The minimum absolute atomic E-state index is 0.0368. The molecule has 1 aromatic heterocycles. The Morgan fingerprint density at radius 2 is 2.05 bits per heavy atom. The third-order valence-electron chi connectivity index (χ3n) is 2.67. The summed E-state index contributed by atoms with van der Waals surface area (Å²) < 4.78 is 2.18. The van der Waals surface area contributed by atoms with Crippen LogP contribution in [0.15, 0.2) is 51.7 Å². The maximum Gasteiger partial charge on any atom is 0.155 e. The van der Waals surface area contributed by atoms with E-state index in [2.05, 4.69) is 11.1 Å². The van der Waals surface area contributed by atoms with Gasteiger partial charge in [-0.3, -0.25) is 0 Å². The summed E-state index contributed by atoms with van der Waals surface area (Å²) in [5.74, 6) is 0. The Morgan fingerprint density at radius 1 is 1.21 bits per heavy atom. The smallest absolute Gasteiger partial charge is 0.155 e. The lowest BCUT2D eigenvalue weighted by Crippen LogP contribution is -1.84. The Morgan fingerprint density at radius 3 is 2.79 bits per heavy atom. The molecule has 3 rings (SSSR count). The molecule has 0 radical (unpaired) electrons. The zero-order chi connectivity index (χ0) is 13.2. The Balaban J connectivity index is 1.90. The molecule has 19 heavy (non-hydrogen) atoms. The maximum absolute atomic E-state index is 9.09. The molecular weight excluding hydrogens is 298 g/mol. The van der Waals surface area contributed by atoms with Gasteiger partial charge < -0.3 is 5.11 Å². The van der Waals surface area contributed by atoms with E-state index in [1.807, 2.05) is 36.4 Å². The number of aliphatic hydroxyl groups excluding tert-OH is 1. The van der Waals surface area contributed by atoms with E-state index in [0.717, 1.165) is 20.3 Å². The van der Waals surface area contributed by atoms with Gasteiger partial charge in [-0.05, 0) is 29.8 Å². The van der Waals surface area contributed by atoms with E-state index in [0.29, 0.717) is 5.02 Å². The van der Waals surface area contributed by atoms with E-state index < -0.39 is 0 Å². The molecule has 96 valence electrons. The monoisotopic (exact) mass is 307 g/mol. The molecule has 1 N–H and O–H groups in total. The van der Waals surface area contributed by atoms with E-state index in [-0.39, 0.29) is 6.61 Å². The number of fused-ring (bicyclic) bond motifs is 1. The topological polar surface area (TPSA) is 33.1 Å². The molecule has 1 heterocycles. The molecule has 0 saturated heterocycles. The number of thiazole rings is 1. The van der Waals surface area contributed by atoms with Crippen molar-refractivity contribution in [3.63, 3.8) is 0 Å². The summed E-state index contributed by atoms with van der Waals surface area (Å²) in [6, 6.07) is 13.7. The van der Waals surface area contributed by atoms with Gasteiger partial charge in [0.2, 0.25) is 0 Å². The molecule has 2 aromatic carbocycles. The van der Waals surface area contributed by atoms with Gasteiger partial charge in [-0.1, -0.05) is 41.6 Å². The normalized spacial score (nSPS) is 11.1. The van der Waals surface area contributed by atoms with Crippen LogP contribution in [0.2, 0.25) is 5.02 Å². The van der Waals surface area contributed by atoms with Crippen LogP contribution in [-0.4, -0.2) is 10.1 Å². The number of nitrogens with zero attached hydrogens (tertiary/aromatic N) is 1. The highest BCUT2D eigenvalue weighted by Crippen LogP contribution is 2.35. The molecule has 0 unspecified atom stereocenters. The number of halogens is 1. The number of rotatable bonds is 3. The van der Waals surface area contributed by atoms with Gasteiger partial charge in [0.15, 0.2) is 4.34 Å². The van der Waals surface area contributed by atoms with Crippen LogP contribution >= 0.6 is 34.7 Å². The van der Waals surface area contributed by atoms with Crippen molar-refractivity contribution in [2.45, 2.75) is 15.8 Å². The Bertz CT molecular complexity index is 693. The van der Waals surface area contributed by atoms with Crippen LogP contribution in [0.3, 0.4) is 0 Å². The molecule has 0 aliphatic rings. The molecule has 0 saturated carbocycles. The molecule has 2 nitrogen and oxygen atoms in total. The highest BCUT2D eigenvalue weighted by Gasteiger charge is 2.07. The van der Waals surface area contributed by atoms with E-state index in [1.54, 1.807) is 23.1 Å². The summed E-state index contributed by atoms with van der Waals surface area (Å²) in [7, 11) is 0. The summed E-state index contributed by atoms with van der Waals surface area (Å²) in [5, 5.41) is 9.68. The van der Waals surface area contributed by atoms with Gasteiger partial charge in [-0.15, -0.1) is 11.3 Å². The van der Waals surface area contributed by atoms with E-state index >= 15 is 0 Å². The van der Waals surface area contributed by atoms with Crippen LogP contribution in [0.5, 0.6) is 0 Å². The molecule has 0 aliphatic carbocycles. The first-order chi connectivity index (χ1) is 9.26. The van der Waals surface area contributed by atoms with Crippen molar-refractivity contribution in [3.8, 4) is 0 Å². The second kappa shape index (κ2) is 5.51. The molecule has 0 spiro atoms. The fourth-order valence-corrected chi connectivity index (χ4v) is 4.10. The Kier molecular flexibility index (Phi) is 3.75. The van der Waals surface area contributed by atoms with Crippen molar-refractivity contribution >= 4 is 44.9 Å². The quantitative estimate of drug-likeness (QED) is 0.768. The van der Waals surface area contributed by atoms with Gasteiger partial charge in [0.05, 0.1) is 16.8 Å². The molecule has 0 atom stereocenters. The minimum atomic E-state index is -0.0368. The predicted molar refractivity (Wildman–Crippen MR) is 81.1 cm³/mol. The minimum Gasteiger partial charge on any atom is -0.392 e. The fraction of sp³-hybridized carbons (Fsp3) is 0.0714. The largest absolute Gasteiger partial charge is 0.392 e. The lowest BCUT2D eigenvalue weighted by atomic mass is 10.2. The van der Waals surface area contributed by atoms with Gasteiger partial charge in [0, 0.05) is 9.92 Å². The molecule has 0 fully saturated rings. The predicted octanol–water partition coefficient (Wildman–Crippen LogP) is 4.59. The van der Waals surface area contributed by atoms with Crippen molar-refractivity contribution in [3.05, 3.63) is 53.1 Å².